The lowest BCUT2D eigenvalue weighted by atomic mass is 10.1. The molecule has 0 saturated carbocycles. The van der Waals surface area contributed by atoms with Crippen LogP contribution in [0.2, 0.25) is 0 Å². The number of carboxylic acid groups (broad SMARTS) is 1. The van der Waals surface area contributed by atoms with Crippen LogP contribution in [0.1, 0.15) is 30.6 Å². The molecule has 0 amide bonds. The SMILES string of the molecule is CCCOc1cc(CN2Cc3nnc(C)n3CC2C(=O)O)ccc1OC. The van der Waals surface area contributed by atoms with Gasteiger partial charge in [0.25, 0.3) is 0 Å². The van der Waals surface area contributed by atoms with E-state index in [2.05, 4.69) is 10.2 Å². The van der Waals surface area contributed by atoms with Crippen LogP contribution in [0.25, 0.3) is 0 Å². The summed E-state index contributed by atoms with van der Waals surface area (Å²) in [7, 11) is 1.61. The van der Waals surface area contributed by atoms with E-state index in [9.17, 15) is 9.90 Å². The van der Waals surface area contributed by atoms with Crippen LogP contribution in [0.3, 0.4) is 0 Å². The first kappa shape index (κ1) is 18.2. The number of aryl methyl sites for hydroxylation is 1. The molecule has 1 atom stereocenters. The molecule has 0 bridgehead atoms. The van der Waals surface area contributed by atoms with Crippen LogP contribution in [-0.4, -0.2) is 50.5 Å². The first-order valence-electron chi connectivity index (χ1n) is 8.68. The van der Waals surface area contributed by atoms with E-state index in [0.29, 0.717) is 37.7 Å². The molecular weight excluding hydrogens is 336 g/mol. The molecule has 1 unspecified atom stereocenters. The molecule has 2 heterocycles. The van der Waals surface area contributed by atoms with Crippen molar-refractivity contribution in [3.8, 4) is 11.5 Å². The van der Waals surface area contributed by atoms with Crippen molar-refractivity contribution < 1.29 is 19.4 Å². The topological polar surface area (TPSA) is 89.7 Å². The second-order valence-corrected chi connectivity index (χ2v) is 6.37. The Morgan fingerprint density at radius 3 is 2.85 bits per heavy atom. The number of rotatable bonds is 7. The molecule has 1 N–H and O–H groups in total. The number of methoxy groups -OCH3 is 1. The van der Waals surface area contributed by atoms with E-state index < -0.39 is 12.0 Å². The third kappa shape index (κ3) is 3.65. The smallest absolute Gasteiger partial charge is 0.322 e. The predicted molar refractivity (Wildman–Crippen MR) is 94.2 cm³/mol. The van der Waals surface area contributed by atoms with Crippen LogP contribution in [0, 0.1) is 6.92 Å². The molecule has 1 aromatic carbocycles. The molecule has 1 aromatic heterocycles. The van der Waals surface area contributed by atoms with E-state index in [1.54, 1.807) is 7.11 Å². The van der Waals surface area contributed by atoms with Crippen molar-refractivity contribution in [2.24, 2.45) is 0 Å². The van der Waals surface area contributed by atoms with Gasteiger partial charge in [-0.2, -0.15) is 0 Å². The molecule has 1 aliphatic rings. The van der Waals surface area contributed by atoms with Crippen LogP contribution in [0.4, 0.5) is 0 Å². The van der Waals surface area contributed by atoms with Crippen LogP contribution in [-0.2, 0) is 24.4 Å². The minimum absolute atomic E-state index is 0.346. The van der Waals surface area contributed by atoms with Crippen molar-refractivity contribution in [1.29, 1.82) is 0 Å². The van der Waals surface area contributed by atoms with Gasteiger partial charge in [-0.1, -0.05) is 13.0 Å². The van der Waals surface area contributed by atoms with E-state index in [0.717, 1.165) is 23.6 Å². The third-order valence-corrected chi connectivity index (χ3v) is 4.51. The first-order chi connectivity index (χ1) is 12.5. The van der Waals surface area contributed by atoms with Gasteiger partial charge in [-0.05, 0) is 31.0 Å². The summed E-state index contributed by atoms with van der Waals surface area (Å²) < 4.78 is 13.0. The second kappa shape index (κ2) is 7.74. The Balaban J connectivity index is 1.83. The largest absolute Gasteiger partial charge is 0.493 e. The average Bonchev–Trinajstić information content (AvgIpc) is 2.99. The van der Waals surface area contributed by atoms with Gasteiger partial charge >= 0.3 is 5.97 Å². The molecule has 26 heavy (non-hydrogen) atoms. The van der Waals surface area contributed by atoms with Crippen molar-refractivity contribution in [3.05, 3.63) is 35.4 Å². The highest BCUT2D eigenvalue weighted by Gasteiger charge is 2.33. The van der Waals surface area contributed by atoms with E-state index in [4.69, 9.17) is 9.47 Å². The monoisotopic (exact) mass is 360 g/mol. The Hall–Kier alpha value is -2.61. The molecule has 0 saturated heterocycles. The number of fused-ring (bicyclic) bond motifs is 1. The van der Waals surface area contributed by atoms with Gasteiger partial charge in [0, 0.05) is 6.54 Å². The number of benzene rings is 1. The number of carbonyl (C=O) groups is 1. The summed E-state index contributed by atoms with van der Waals surface area (Å²) in [4.78, 5) is 13.7. The fraction of sp³-hybridized carbons (Fsp3) is 0.500. The van der Waals surface area contributed by atoms with Crippen molar-refractivity contribution in [2.75, 3.05) is 13.7 Å². The molecular formula is C18H24N4O4. The van der Waals surface area contributed by atoms with Crippen LogP contribution in [0.5, 0.6) is 11.5 Å². The summed E-state index contributed by atoms with van der Waals surface area (Å²) in [5, 5.41) is 17.9. The van der Waals surface area contributed by atoms with Crippen molar-refractivity contribution >= 4 is 5.97 Å². The van der Waals surface area contributed by atoms with Crippen molar-refractivity contribution in [1.82, 2.24) is 19.7 Å². The van der Waals surface area contributed by atoms with Gasteiger partial charge in [0.1, 0.15) is 17.7 Å². The lowest BCUT2D eigenvalue weighted by Crippen LogP contribution is -2.47. The molecule has 3 rings (SSSR count). The van der Waals surface area contributed by atoms with E-state index >= 15 is 0 Å². The Morgan fingerprint density at radius 1 is 1.35 bits per heavy atom. The number of aliphatic carboxylic acids is 1. The van der Waals surface area contributed by atoms with Gasteiger partial charge in [-0.25, -0.2) is 0 Å². The van der Waals surface area contributed by atoms with E-state index in [-0.39, 0.29) is 0 Å². The zero-order valence-electron chi connectivity index (χ0n) is 15.3. The minimum Gasteiger partial charge on any atom is -0.493 e. The maximum absolute atomic E-state index is 11.8. The molecule has 8 nitrogen and oxygen atoms in total. The zero-order chi connectivity index (χ0) is 18.7. The standard InChI is InChI=1S/C18H24N4O4/c1-4-7-26-16-8-13(5-6-15(16)25-3)9-21-11-17-20-19-12(2)22(17)10-14(21)18(23)24/h5-6,8,14H,4,7,9-11H2,1-3H3,(H,23,24). The van der Waals surface area contributed by atoms with E-state index in [1.165, 1.54) is 0 Å². The summed E-state index contributed by atoms with van der Waals surface area (Å²) in [5.74, 6) is 2.03. The third-order valence-electron chi connectivity index (χ3n) is 4.51. The summed E-state index contributed by atoms with van der Waals surface area (Å²) >= 11 is 0. The Labute approximate surface area is 152 Å². The average molecular weight is 360 g/mol. The molecule has 1 aliphatic heterocycles. The maximum atomic E-state index is 11.8. The van der Waals surface area contributed by atoms with Crippen molar-refractivity contribution in [3.63, 3.8) is 0 Å². The highest BCUT2D eigenvalue weighted by Crippen LogP contribution is 2.30. The highest BCUT2D eigenvalue weighted by molar-refractivity contribution is 5.73. The molecule has 2 aromatic rings. The molecule has 8 heteroatoms. The van der Waals surface area contributed by atoms with Crippen LogP contribution >= 0.6 is 0 Å². The fourth-order valence-electron chi connectivity index (χ4n) is 3.14. The Morgan fingerprint density at radius 2 is 2.15 bits per heavy atom. The summed E-state index contributed by atoms with van der Waals surface area (Å²) in [6, 6.07) is 5.07. The van der Waals surface area contributed by atoms with Gasteiger partial charge < -0.3 is 19.1 Å². The van der Waals surface area contributed by atoms with Crippen LogP contribution in [0.15, 0.2) is 18.2 Å². The summed E-state index contributed by atoms with van der Waals surface area (Å²) in [6.45, 7) is 5.75. The quantitative estimate of drug-likeness (QED) is 0.806. The van der Waals surface area contributed by atoms with Gasteiger partial charge in [0.15, 0.2) is 11.5 Å². The zero-order valence-corrected chi connectivity index (χ0v) is 15.3. The van der Waals surface area contributed by atoms with Crippen LogP contribution < -0.4 is 9.47 Å². The fourth-order valence-corrected chi connectivity index (χ4v) is 3.14. The molecule has 0 radical (unpaired) electrons. The van der Waals surface area contributed by atoms with Gasteiger partial charge in [-0.15, -0.1) is 10.2 Å². The number of aromatic nitrogens is 3. The first-order valence-corrected chi connectivity index (χ1v) is 8.68. The van der Waals surface area contributed by atoms with Crippen molar-refractivity contribution in [2.45, 2.75) is 45.9 Å². The maximum Gasteiger partial charge on any atom is 0.322 e. The van der Waals surface area contributed by atoms with Gasteiger partial charge in [-0.3, -0.25) is 9.69 Å². The summed E-state index contributed by atoms with van der Waals surface area (Å²) in [6.07, 6.45) is 0.898. The Kier molecular flexibility index (Phi) is 5.41. The summed E-state index contributed by atoms with van der Waals surface area (Å²) in [5.41, 5.74) is 0.966. The Bertz CT molecular complexity index is 789. The number of hydrogen-bond donors (Lipinski definition) is 1. The number of ether oxygens (including phenoxy) is 2. The molecule has 0 aliphatic carbocycles. The highest BCUT2D eigenvalue weighted by atomic mass is 16.5. The second-order valence-electron chi connectivity index (χ2n) is 6.37. The lowest BCUT2D eigenvalue weighted by molar-refractivity contribution is -0.145. The van der Waals surface area contributed by atoms with Gasteiger partial charge in [0.05, 0.1) is 26.8 Å². The molecule has 0 fully saturated rings. The number of nitrogens with zero attached hydrogens (tertiary/aromatic N) is 4. The molecule has 0 spiro atoms. The lowest BCUT2D eigenvalue weighted by Gasteiger charge is -2.33. The number of hydrogen-bond acceptors (Lipinski definition) is 6. The normalized spacial score (nSPS) is 17.0. The predicted octanol–water partition coefficient (Wildman–Crippen LogP) is 1.85. The minimum atomic E-state index is -0.847. The molecule has 140 valence electrons. The van der Waals surface area contributed by atoms with Gasteiger partial charge in [0.2, 0.25) is 0 Å². The van der Waals surface area contributed by atoms with E-state index in [1.807, 2.05) is 41.5 Å². The number of carboxylic acids is 1.